The molecule has 2 atom stereocenters. The molecular formula is C22H22N4O3. The second-order valence-electron chi connectivity index (χ2n) is 7.98. The van der Waals surface area contributed by atoms with Crippen LogP contribution in [0.4, 0.5) is 0 Å². The van der Waals surface area contributed by atoms with Crippen LogP contribution in [0.15, 0.2) is 53.6 Å². The number of hydrogen-bond donors (Lipinski definition) is 2. The van der Waals surface area contributed by atoms with Crippen LogP contribution in [0.2, 0.25) is 0 Å². The third-order valence-corrected chi connectivity index (χ3v) is 6.07. The summed E-state index contributed by atoms with van der Waals surface area (Å²) >= 11 is 0. The van der Waals surface area contributed by atoms with Crippen LogP contribution in [0.5, 0.6) is 0 Å². The van der Waals surface area contributed by atoms with E-state index in [0.717, 1.165) is 30.8 Å². The number of rotatable bonds is 4. The number of hydrogen-bond acceptors (Lipinski definition) is 4. The lowest BCUT2D eigenvalue weighted by Crippen LogP contribution is -2.47. The molecule has 1 saturated heterocycles. The number of carboxylic acid groups (broad SMARTS) is 1. The van der Waals surface area contributed by atoms with Crippen LogP contribution >= 0.6 is 0 Å². The van der Waals surface area contributed by atoms with Crippen LogP contribution in [0, 0.1) is 5.92 Å². The van der Waals surface area contributed by atoms with Gasteiger partial charge < -0.3 is 14.7 Å². The van der Waals surface area contributed by atoms with E-state index in [2.05, 4.69) is 20.9 Å². The normalized spacial score (nSPS) is 21.0. The molecule has 3 aromatic rings. The number of nitrogens with one attached hydrogen (secondary N) is 1. The zero-order chi connectivity index (χ0) is 20.0. The summed E-state index contributed by atoms with van der Waals surface area (Å²) in [6, 6.07) is 11.1. The van der Waals surface area contributed by atoms with Crippen molar-refractivity contribution in [2.75, 3.05) is 13.1 Å². The van der Waals surface area contributed by atoms with Gasteiger partial charge in [-0.05, 0) is 36.1 Å². The lowest BCUT2D eigenvalue weighted by molar-refractivity contribution is 0.0692. The fraction of sp³-hybridized carbons (Fsp3) is 0.318. The van der Waals surface area contributed by atoms with Gasteiger partial charge >= 0.3 is 5.97 Å². The first-order valence-electron chi connectivity index (χ1n) is 9.87. The standard InChI is InChI=1S/C22H22N4O3/c27-21-18(20-23-7-8-24-20)5-6-19-16-9-14(11-26(19)21)10-25(13-16)12-15-3-1-2-4-17(15)22(28)29/h1-8,14,16H,9-13H2,(H,23,24)(H,28,29)/t14-,16+/m0/s1. The Bertz CT molecular complexity index is 1120. The van der Waals surface area contributed by atoms with Crippen molar-refractivity contribution in [3.63, 3.8) is 0 Å². The van der Waals surface area contributed by atoms with Crippen molar-refractivity contribution < 1.29 is 9.90 Å². The van der Waals surface area contributed by atoms with E-state index < -0.39 is 5.97 Å². The third kappa shape index (κ3) is 3.17. The molecule has 2 N–H and O–H groups in total. The zero-order valence-electron chi connectivity index (χ0n) is 15.9. The van der Waals surface area contributed by atoms with Crippen molar-refractivity contribution in [1.82, 2.24) is 19.4 Å². The first-order chi connectivity index (χ1) is 14.1. The summed E-state index contributed by atoms with van der Waals surface area (Å²) in [5.41, 5.74) is 2.88. The minimum Gasteiger partial charge on any atom is -0.478 e. The summed E-state index contributed by atoms with van der Waals surface area (Å²) in [4.78, 5) is 34.2. The molecule has 2 aliphatic heterocycles. The first kappa shape index (κ1) is 17.9. The predicted octanol–water partition coefficient (Wildman–Crippen LogP) is 2.56. The molecule has 2 bridgehead atoms. The SMILES string of the molecule is O=C(O)c1ccccc1CN1C[C@@H]2C[C@H](C1)c1ccc(-c3ncc[nH]3)c(=O)n1C2. The zero-order valence-corrected chi connectivity index (χ0v) is 15.9. The van der Waals surface area contributed by atoms with Gasteiger partial charge in [0.25, 0.3) is 5.56 Å². The first-order valence-corrected chi connectivity index (χ1v) is 9.87. The number of aromatic nitrogens is 3. The number of imidazole rings is 1. The molecule has 148 valence electrons. The fourth-order valence-corrected chi connectivity index (χ4v) is 4.87. The lowest BCUT2D eigenvalue weighted by Gasteiger charge is -2.43. The van der Waals surface area contributed by atoms with Gasteiger partial charge in [-0.3, -0.25) is 9.69 Å². The Morgan fingerprint density at radius 2 is 2.03 bits per heavy atom. The van der Waals surface area contributed by atoms with Crippen molar-refractivity contribution in [1.29, 1.82) is 0 Å². The van der Waals surface area contributed by atoms with Gasteiger partial charge in [-0.25, -0.2) is 9.78 Å². The molecule has 0 aliphatic carbocycles. The van der Waals surface area contributed by atoms with E-state index in [9.17, 15) is 14.7 Å². The average molecular weight is 390 g/mol. The molecule has 4 heterocycles. The van der Waals surface area contributed by atoms with E-state index in [1.807, 2.05) is 22.8 Å². The smallest absolute Gasteiger partial charge is 0.336 e. The second kappa shape index (κ2) is 7.00. The van der Waals surface area contributed by atoms with Gasteiger partial charge in [0.05, 0.1) is 11.1 Å². The molecular weight excluding hydrogens is 368 g/mol. The molecule has 2 aromatic heterocycles. The molecule has 29 heavy (non-hydrogen) atoms. The van der Waals surface area contributed by atoms with Crippen LogP contribution < -0.4 is 5.56 Å². The van der Waals surface area contributed by atoms with Gasteiger partial charge in [0.1, 0.15) is 5.82 Å². The minimum atomic E-state index is -0.889. The van der Waals surface area contributed by atoms with Gasteiger partial charge in [-0.15, -0.1) is 0 Å². The summed E-state index contributed by atoms with van der Waals surface area (Å²) in [7, 11) is 0. The molecule has 5 rings (SSSR count). The van der Waals surface area contributed by atoms with E-state index in [4.69, 9.17) is 0 Å². The minimum absolute atomic E-state index is 0.0109. The highest BCUT2D eigenvalue weighted by Crippen LogP contribution is 2.36. The van der Waals surface area contributed by atoms with E-state index in [1.165, 1.54) is 0 Å². The summed E-state index contributed by atoms with van der Waals surface area (Å²) in [6.07, 6.45) is 4.44. The van der Waals surface area contributed by atoms with Crippen LogP contribution in [0.1, 0.15) is 34.0 Å². The Balaban J connectivity index is 1.43. The Morgan fingerprint density at radius 3 is 2.83 bits per heavy atom. The molecule has 1 fully saturated rings. The number of nitrogens with zero attached hydrogens (tertiary/aromatic N) is 3. The molecule has 0 amide bonds. The largest absolute Gasteiger partial charge is 0.478 e. The van der Waals surface area contributed by atoms with Gasteiger partial charge in [0.15, 0.2) is 0 Å². The van der Waals surface area contributed by atoms with Gasteiger partial charge in [-0.1, -0.05) is 18.2 Å². The monoisotopic (exact) mass is 390 g/mol. The van der Waals surface area contributed by atoms with Gasteiger partial charge in [0.2, 0.25) is 0 Å². The highest BCUT2D eigenvalue weighted by Gasteiger charge is 2.35. The molecule has 0 unspecified atom stereocenters. The quantitative estimate of drug-likeness (QED) is 0.714. The highest BCUT2D eigenvalue weighted by atomic mass is 16.4. The maximum atomic E-state index is 13.1. The second-order valence-corrected chi connectivity index (χ2v) is 7.98. The number of H-pyrrole nitrogens is 1. The van der Waals surface area contributed by atoms with Crippen LogP contribution in [-0.2, 0) is 13.1 Å². The molecule has 2 aliphatic rings. The number of benzene rings is 1. The van der Waals surface area contributed by atoms with Crippen molar-refractivity contribution in [3.05, 3.63) is 76.0 Å². The number of piperidine rings is 1. The number of pyridine rings is 1. The molecule has 7 heteroatoms. The number of carboxylic acids is 1. The van der Waals surface area contributed by atoms with Crippen molar-refractivity contribution in [2.24, 2.45) is 5.92 Å². The summed E-state index contributed by atoms with van der Waals surface area (Å²) < 4.78 is 1.92. The van der Waals surface area contributed by atoms with E-state index in [-0.39, 0.29) is 11.5 Å². The van der Waals surface area contributed by atoms with Crippen LogP contribution in [0.3, 0.4) is 0 Å². The molecule has 0 radical (unpaired) electrons. The van der Waals surface area contributed by atoms with Crippen LogP contribution in [0.25, 0.3) is 11.4 Å². The average Bonchev–Trinajstić information content (AvgIpc) is 3.23. The number of fused-ring (bicyclic) bond motifs is 4. The number of aromatic amines is 1. The Labute approximate surface area is 167 Å². The molecule has 7 nitrogen and oxygen atoms in total. The summed E-state index contributed by atoms with van der Waals surface area (Å²) in [5.74, 6) is 0.369. The topological polar surface area (TPSA) is 91.2 Å². The predicted molar refractivity (Wildman–Crippen MR) is 108 cm³/mol. The number of likely N-dealkylation sites (tertiary alicyclic amines) is 1. The number of aromatic carboxylic acids is 1. The molecule has 1 aromatic carbocycles. The fourth-order valence-electron chi connectivity index (χ4n) is 4.87. The summed E-state index contributed by atoms with van der Waals surface area (Å²) in [5, 5.41) is 9.46. The maximum Gasteiger partial charge on any atom is 0.336 e. The van der Waals surface area contributed by atoms with Gasteiger partial charge in [-0.2, -0.15) is 0 Å². The van der Waals surface area contributed by atoms with E-state index in [1.54, 1.807) is 24.5 Å². The molecule has 0 saturated carbocycles. The Hall–Kier alpha value is -3.19. The van der Waals surface area contributed by atoms with Crippen molar-refractivity contribution in [3.8, 4) is 11.4 Å². The van der Waals surface area contributed by atoms with Crippen molar-refractivity contribution in [2.45, 2.75) is 25.4 Å². The maximum absolute atomic E-state index is 13.1. The Morgan fingerprint density at radius 1 is 1.17 bits per heavy atom. The molecule has 0 spiro atoms. The van der Waals surface area contributed by atoms with E-state index in [0.29, 0.717) is 36.0 Å². The Kier molecular flexibility index (Phi) is 4.32. The van der Waals surface area contributed by atoms with Gasteiger partial charge in [0, 0.05) is 50.2 Å². The van der Waals surface area contributed by atoms with Crippen molar-refractivity contribution >= 4 is 5.97 Å². The third-order valence-electron chi connectivity index (χ3n) is 6.07. The number of carbonyl (C=O) groups is 1. The van der Waals surface area contributed by atoms with E-state index >= 15 is 0 Å². The van der Waals surface area contributed by atoms with Crippen LogP contribution in [-0.4, -0.2) is 43.6 Å². The highest BCUT2D eigenvalue weighted by molar-refractivity contribution is 5.89. The lowest BCUT2D eigenvalue weighted by atomic mass is 9.82. The summed E-state index contributed by atoms with van der Waals surface area (Å²) in [6.45, 7) is 2.99.